The smallest absolute Gasteiger partial charge is 0.138 e. The van der Waals surface area contributed by atoms with Gasteiger partial charge in [0.25, 0.3) is 0 Å². The molecule has 2 aromatic rings. The molecular formula is C27H33Cl2N3Si2. The first-order valence-corrected chi connectivity index (χ1v) is 19.2. The minimum absolute atomic E-state index is 0.498. The average molecular weight is 527 g/mol. The number of halogens is 2. The van der Waals surface area contributed by atoms with Crippen LogP contribution in [0.5, 0.6) is 0 Å². The van der Waals surface area contributed by atoms with Crippen LogP contribution in [0.25, 0.3) is 0 Å². The van der Waals surface area contributed by atoms with Gasteiger partial charge in [-0.25, -0.2) is 0 Å². The van der Waals surface area contributed by atoms with Gasteiger partial charge in [0, 0.05) is 26.6 Å². The molecule has 3 rings (SSSR count). The van der Waals surface area contributed by atoms with Crippen molar-refractivity contribution in [3.05, 3.63) is 81.0 Å². The van der Waals surface area contributed by atoms with Gasteiger partial charge in [0.05, 0.1) is 23.6 Å². The Morgan fingerprint density at radius 3 is 1.53 bits per heavy atom. The Kier molecular flexibility index (Phi) is 6.94. The van der Waals surface area contributed by atoms with E-state index in [4.69, 9.17) is 23.2 Å². The highest BCUT2D eigenvalue weighted by Crippen LogP contribution is 2.62. The van der Waals surface area contributed by atoms with Gasteiger partial charge < -0.3 is 4.23 Å². The van der Waals surface area contributed by atoms with Crippen LogP contribution < -0.4 is 0 Å². The summed E-state index contributed by atoms with van der Waals surface area (Å²) in [5.41, 5.74) is 2.13. The van der Waals surface area contributed by atoms with Crippen molar-refractivity contribution < 1.29 is 0 Å². The highest BCUT2D eigenvalue weighted by Gasteiger charge is 2.63. The number of rotatable bonds is 5. The normalized spacial score (nSPS) is 25.1. The lowest BCUT2D eigenvalue weighted by molar-refractivity contribution is 0.282. The van der Waals surface area contributed by atoms with Crippen molar-refractivity contribution in [2.24, 2.45) is 5.92 Å². The zero-order valence-corrected chi connectivity index (χ0v) is 24.8. The molecule has 0 saturated heterocycles. The van der Waals surface area contributed by atoms with Crippen molar-refractivity contribution in [3.8, 4) is 12.1 Å². The second-order valence-corrected chi connectivity index (χ2v) is 22.4. The fourth-order valence-corrected chi connectivity index (χ4v) is 16.3. The molecule has 34 heavy (non-hydrogen) atoms. The minimum Gasteiger partial charge on any atom is -0.426 e. The van der Waals surface area contributed by atoms with Crippen LogP contribution >= 0.6 is 23.2 Å². The Balaban J connectivity index is 2.51. The summed E-state index contributed by atoms with van der Waals surface area (Å²) in [5, 5.41) is 22.8. The molecule has 7 heteroatoms. The van der Waals surface area contributed by atoms with E-state index in [1.54, 1.807) is 0 Å². The summed E-state index contributed by atoms with van der Waals surface area (Å²) in [6, 6.07) is 20.8. The molecule has 0 heterocycles. The van der Waals surface area contributed by atoms with E-state index in [-0.39, 0.29) is 0 Å². The van der Waals surface area contributed by atoms with Gasteiger partial charge >= 0.3 is 0 Å². The molecule has 1 aliphatic rings. The second kappa shape index (κ2) is 8.88. The summed E-state index contributed by atoms with van der Waals surface area (Å²) in [7, 11) is -3.91. The molecule has 1 unspecified atom stereocenters. The lowest BCUT2D eigenvalue weighted by Gasteiger charge is -2.49. The molecule has 0 fully saturated rings. The third-order valence-electron chi connectivity index (χ3n) is 7.33. The van der Waals surface area contributed by atoms with E-state index in [1.807, 2.05) is 48.5 Å². The quantitative estimate of drug-likeness (QED) is 0.370. The third kappa shape index (κ3) is 4.03. The van der Waals surface area contributed by atoms with Crippen molar-refractivity contribution >= 4 is 39.7 Å². The molecule has 0 spiro atoms. The van der Waals surface area contributed by atoms with Crippen molar-refractivity contribution in [2.45, 2.75) is 64.0 Å². The van der Waals surface area contributed by atoms with E-state index >= 15 is 0 Å². The molecule has 0 bridgehead atoms. The Morgan fingerprint density at radius 1 is 0.765 bits per heavy atom. The van der Waals surface area contributed by atoms with Crippen molar-refractivity contribution in [3.63, 3.8) is 0 Å². The van der Waals surface area contributed by atoms with E-state index < -0.39 is 33.2 Å². The third-order valence-corrected chi connectivity index (χ3v) is 15.0. The number of benzene rings is 2. The molecule has 3 nitrogen and oxygen atoms in total. The summed E-state index contributed by atoms with van der Waals surface area (Å²) in [4.78, 5) is 0. The monoisotopic (exact) mass is 525 g/mol. The molecule has 178 valence electrons. The Labute approximate surface area is 216 Å². The van der Waals surface area contributed by atoms with Gasteiger partial charge in [-0.15, -0.1) is 0 Å². The van der Waals surface area contributed by atoms with Gasteiger partial charge in [-0.05, 0) is 42.3 Å². The summed E-state index contributed by atoms with van der Waals surface area (Å²) in [6.07, 6.45) is 0. The standard InChI is InChI=1S/C27H33Cl2N3Si2/c1-26(19-9-13-21(28)14-10-19)23(17-30)25(32(33(3,4)5)34(6,7)8)24(18-31)27(26,2)20-11-15-22(29)16-12-20/h9-16,23H,1-8H3/t23?,26-,27-/m1/s1. The van der Waals surface area contributed by atoms with Gasteiger partial charge in [0.15, 0.2) is 0 Å². The first-order chi connectivity index (χ1) is 15.6. The molecule has 3 atom stereocenters. The maximum atomic E-state index is 10.8. The average Bonchev–Trinajstić information content (AvgIpc) is 2.91. The number of allylic oxidation sites excluding steroid dienone is 2. The first kappa shape index (κ1) is 26.6. The fraction of sp³-hybridized carbons (Fsp3) is 0.407. The zero-order valence-electron chi connectivity index (χ0n) is 21.3. The van der Waals surface area contributed by atoms with Gasteiger partial charge in [-0.2, -0.15) is 10.5 Å². The zero-order chi connectivity index (χ0) is 25.7. The van der Waals surface area contributed by atoms with Crippen molar-refractivity contribution in [1.82, 2.24) is 4.23 Å². The lowest BCUT2D eigenvalue weighted by atomic mass is 9.56. The van der Waals surface area contributed by atoms with Crippen molar-refractivity contribution in [1.29, 1.82) is 10.5 Å². The van der Waals surface area contributed by atoms with Gasteiger partial charge in [0.2, 0.25) is 0 Å². The highest BCUT2D eigenvalue weighted by molar-refractivity contribution is 6.90. The molecule has 1 aliphatic carbocycles. The predicted octanol–water partition coefficient (Wildman–Crippen LogP) is 8.11. The van der Waals surface area contributed by atoms with E-state index in [0.29, 0.717) is 15.6 Å². The van der Waals surface area contributed by atoms with Crippen LogP contribution in [0.2, 0.25) is 49.3 Å². The van der Waals surface area contributed by atoms with Gasteiger partial charge in [0.1, 0.15) is 16.5 Å². The highest BCUT2D eigenvalue weighted by atomic mass is 35.5. The van der Waals surface area contributed by atoms with Crippen LogP contribution in [0.4, 0.5) is 0 Å². The lowest BCUT2D eigenvalue weighted by Crippen LogP contribution is -2.59. The summed E-state index contributed by atoms with van der Waals surface area (Å²) < 4.78 is 2.54. The van der Waals surface area contributed by atoms with E-state index in [9.17, 15) is 10.5 Å². The topological polar surface area (TPSA) is 50.8 Å². The number of nitriles is 2. The SMILES string of the molecule is C[C@@]1(c2ccc(Cl)cc2)C(C#N)=C(N([Si](C)(C)C)[Si](C)(C)C)C(C#N)[C@@]1(C)c1ccc(Cl)cc1. The van der Waals surface area contributed by atoms with E-state index in [0.717, 1.165) is 16.8 Å². The Morgan fingerprint density at radius 2 is 1.18 bits per heavy atom. The Hall–Kier alpha value is -2.03. The molecule has 0 amide bonds. The predicted molar refractivity (Wildman–Crippen MR) is 148 cm³/mol. The van der Waals surface area contributed by atoms with Crippen LogP contribution in [-0.2, 0) is 10.8 Å². The first-order valence-electron chi connectivity index (χ1n) is 11.5. The summed E-state index contributed by atoms with van der Waals surface area (Å²) in [6.45, 7) is 18.1. The minimum atomic E-state index is -1.96. The second-order valence-electron chi connectivity index (χ2n) is 11.5. The van der Waals surface area contributed by atoms with Gasteiger partial charge in [-0.3, -0.25) is 0 Å². The molecule has 0 aromatic heterocycles. The molecule has 2 aromatic carbocycles. The number of hydrogen-bond donors (Lipinski definition) is 0. The molecule has 0 aliphatic heterocycles. The Bertz CT molecular complexity index is 1180. The maximum absolute atomic E-state index is 10.8. The fourth-order valence-electron chi connectivity index (χ4n) is 6.03. The number of hydrogen-bond acceptors (Lipinski definition) is 3. The molecule has 0 saturated carbocycles. The van der Waals surface area contributed by atoms with Crippen LogP contribution in [0, 0.1) is 28.6 Å². The van der Waals surface area contributed by atoms with E-state index in [2.05, 4.69) is 69.5 Å². The van der Waals surface area contributed by atoms with Crippen LogP contribution in [0.3, 0.4) is 0 Å². The largest absolute Gasteiger partial charge is 0.426 e. The summed E-state index contributed by atoms with van der Waals surface area (Å²) >= 11 is 12.5. The number of nitrogens with zero attached hydrogens (tertiary/aromatic N) is 3. The molecular weight excluding hydrogens is 493 g/mol. The van der Waals surface area contributed by atoms with Crippen LogP contribution in [-0.4, -0.2) is 20.7 Å². The summed E-state index contributed by atoms with van der Waals surface area (Å²) in [5.74, 6) is -0.498. The van der Waals surface area contributed by atoms with Crippen LogP contribution in [0.1, 0.15) is 25.0 Å². The maximum Gasteiger partial charge on any atom is 0.138 e. The van der Waals surface area contributed by atoms with Gasteiger partial charge in [-0.1, -0.05) is 93.7 Å². The van der Waals surface area contributed by atoms with E-state index in [1.165, 1.54) is 0 Å². The van der Waals surface area contributed by atoms with Crippen LogP contribution in [0.15, 0.2) is 59.8 Å². The van der Waals surface area contributed by atoms with Crippen molar-refractivity contribution in [2.75, 3.05) is 0 Å². The molecule has 0 N–H and O–H groups in total. The molecule has 0 radical (unpaired) electrons.